The first kappa shape index (κ1) is 22.7. The van der Waals surface area contributed by atoms with E-state index in [-0.39, 0.29) is 5.69 Å². The van der Waals surface area contributed by atoms with E-state index in [1.54, 1.807) is 36.4 Å². The predicted octanol–water partition coefficient (Wildman–Crippen LogP) is 4.38. The number of anilines is 1. The van der Waals surface area contributed by atoms with E-state index >= 15 is 0 Å². The van der Waals surface area contributed by atoms with E-state index in [0.29, 0.717) is 12.4 Å². The molecule has 158 valence electrons. The molecule has 1 N–H and O–H groups in total. The van der Waals surface area contributed by atoms with Crippen LogP contribution in [0.1, 0.15) is 11.1 Å². The highest BCUT2D eigenvalue weighted by atomic mass is 19.4. The molecular weight excluding hydrogens is 397 g/mol. The van der Waals surface area contributed by atoms with E-state index in [0.717, 1.165) is 22.6 Å². The summed E-state index contributed by atoms with van der Waals surface area (Å²) in [7, 11) is 1.38. The number of likely N-dealkylation sites (N-methyl/N-ethyl adjacent to an activating group) is 1. The zero-order chi connectivity index (χ0) is 22.1. The summed E-state index contributed by atoms with van der Waals surface area (Å²) in [5.74, 6) is -0.549. The van der Waals surface area contributed by atoms with Crippen LogP contribution in [0.5, 0.6) is 5.75 Å². The maximum Gasteiger partial charge on any atom is 0.418 e. The molecule has 0 aliphatic carbocycles. The Morgan fingerprint density at radius 2 is 1.80 bits per heavy atom. The van der Waals surface area contributed by atoms with Gasteiger partial charge in [0.05, 0.1) is 17.8 Å². The summed E-state index contributed by atoms with van der Waals surface area (Å²) in [4.78, 5) is 25.4. The van der Waals surface area contributed by atoms with E-state index in [1.807, 2.05) is 0 Å². The van der Waals surface area contributed by atoms with E-state index in [4.69, 9.17) is 4.74 Å². The van der Waals surface area contributed by atoms with Crippen molar-refractivity contribution in [2.45, 2.75) is 6.18 Å². The van der Waals surface area contributed by atoms with Gasteiger partial charge in [-0.3, -0.25) is 9.59 Å². The molecule has 0 saturated carbocycles. The number of hydrogen-bond acceptors (Lipinski definition) is 3. The fourth-order valence-electron chi connectivity index (χ4n) is 2.45. The molecule has 0 saturated heterocycles. The Balaban J connectivity index is 1.93. The van der Waals surface area contributed by atoms with Gasteiger partial charge >= 0.3 is 6.18 Å². The van der Waals surface area contributed by atoms with Gasteiger partial charge < -0.3 is 15.0 Å². The topological polar surface area (TPSA) is 58.6 Å². The van der Waals surface area contributed by atoms with Gasteiger partial charge in [-0.05, 0) is 35.9 Å². The minimum atomic E-state index is -4.60. The van der Waals surface area contributed by atoms with Gasteiger partial charge in [0.2, 0.25) is 11.8 Å². The molecule has 0 heterocycles. The lowest BCUT2D eigenvalue weighted by Crippen LogP contribution is -2.34. The number of nitrogens with one attached hydrogen (secondary N) is 1. The number of para-hydroxylation sites is 1. The predicted molar refractivity (Wildman–Crippen MR) is 109 cm³/mol. The summed E-state index contributed by atoms with van der Waals surface area (Å²) in [6, 6.07) is 11.6. The first-order valence-corrected chi connectivity index (χ1v) is 8.93. The van der Waals surface area contributed by atoms with Crippen LogP contribution in [-0.2, 0) is 15.8 Å². The van der Waals surface area contributed by atoms with Crippen LogP contribution < -0.4 is 10.1 Å². The highest BCUT2D eigenvalue weighted by Crippen LogP contribution is 2.34. The van der Waals surface area contributed by atoms with Gasteiger partial charge in [-0.2, -0.15) is 13.2 Å². The van der Waals surface area contributed by atoms with Crippen molar-refractivity contribution in [3.63, 3.8) is 0 Å². The number of ether oxygens (including phenoxy) is 1. The third kappa shape index (κ3) is 6.80. The van der Waals surface area contributed by atoms with Crippen molar-refractivity contribution >= 4 is 23.6 Å². The molecule has 8 heteroatoms. The zero-order valence-electron chi connectivity index (χ0n) is 16.3. The standard InChI is InChI=1S/C22H21F3N2O3/c1-3-14-30-17-11-8-16(9-12-17)10-13-21(29)27(2)15-20(28)26-19-7-5-4-6-18(19)22(23,24)25/h3-13H,1,14-15H2,2H3,(H,26,28)/b13-10+. The molecule has 2 aromatic rings. The molecule has 0 fully saturated rings. The molecule has 5 nitrogen and oxygen atoms in total. The van der Waals surface area contributed by atoms with E-state index in [2.05, 4.69) is 11.9 Å². The quantitative estimate of drug-likeness (QED) is 0.511. The van der Waals surface area contributed by atoms with Gasteiger partial charge in [0.25, 0.3) is 0 Å². The highest BCUT2D eigenvalue weighted by Gasteiger charge is 2.33. The van der Waals surface area contributed by atoms with Crippen LogP contribution in [-0.4, -0.2) is 36.9 Å². The SMILES string of the molecule is C=CCOc1ccc(/C=C/C(=O)N(C)CC(=O)Nc2ccccc2C(F)(F)F)cc1. The van der Waals surface area contributed by atoms with Crippen molar-refractivity contribution in [2.24, 2.45) is 0 Å². The van der Waals surface area contributed by atoms with Crippen molar-refractivity contribution in [1.82, 2.24) is 4.90 Å². The van der Waals surface area contributed by atoms with Gasteiger partial charge in [-0.15, -0.1) is 0 Å². The van der Waals surface area contributed by atoms with Crippen LogP contribution in [0.4, 0.5) is 18.9 Å². The number of alkyl halides is 3. The Bertz CT molecular complexity index is 922. The normalized spacial score (nSPS) is 11.2. The van der Waals surface area contributed by atoms with Crippen LogP contribution in [0.25, 0.3) is 6.08 Å². The van der Waals surface area contributed by atoms with Gasteiger partial charge in [0, 0.05) is 13.1 Å². The van der Waals surface area contributed by atoms with Crippen molar-refractivity contribution in [3.05, 3.63) is 78.4 Å². The second kappa shape index (κ2) is 10.3. The minimum Gasteiger partial charge on any atom is -0.490 e. The number of rotatable bonds is 8. The van der Waals surface area contributed by atoms with Gasteiger partial charge in [-0.25, -0.2) is 0 Å². The molecule has 2 aromatic carbocycles. The second-order valence-corrected chi connectivity index (χ2v) is 6.29. The van der Waals surface area contributed by atoms with E-state index in [9.17, 15) is 22.8 Å². The Morgan fingerprint density at radius 3 is 2.43 bits per heavy atom. The first-order chi connectivity index (χ1) is 14.2. The molecular formula is C22H21F3N2O3. The number of carbonyl (C=O) groups excluding carboxylic acids is 2. The number of benzene rings is 2. The number of halogens is 3. The average molecular weight is 418 g/mol. The summed E-state index contributed by atoms with van der Waals surface area (Å²) in [6.45, 7) is 3.54. The molecule has 0 radical (unpaired) electrons. The number of nitrogens with zero attached hydrogens (tertiary/aromatic N) is 1. The molecule has 0 unspecified atom stereocenters. The lowest BCUT2D eigenvalue weighted by Gasteiger charge is -2.17. The monoisotopic (exact) mass is 418 g/mol. The Kier molecular flexibility index (Phi) is 7.80. The van der Waals surface area contributed by atoms with Crippen molar-refractivity contribution in [2.75, 3.05) is 25.5 Å². The van der Waals surface area contributed by atoms with Crippen molar-refractivity contribution in [1.29, 1.82) is 0 Å². The fourth-order valence-corrected chi connectivity index (χ4v) is 2.45. The summed E-state index contributed by atoms with van der Waals surface area (Å²) < 4.78 is 44.4. The van der Waals surface area contributed by atoms with Gasteiger partial charge in [-0.1, -0.05) is 36.9 Å². The zero-order valence-corrected chi connectivity index (χ0v) is 16.3. The van der Waals surface area contributed by atoms with Crippen LogP contribution in [0.15, 0.2) is 67.3 Å². The lowest BCUT2D eigenvalue weighted by molar-refractivity contribution is -0.137. The molecule has 0 aliphatic heterocycles. The van der Waals surface area contributed by atoms with Crippen LogP contribution in [0.2, 0.25) is 0 Å². The smallest absolute Gasteiger partial charge is 0.418 e. The second-order valence-electron chi connectivity index (χ2n) is 6.29. The molecule has 0 spiro atoms. The highest BCUT2D eigenvalue weighted by molar-refractivity contribution is 5.98. The van der Waals surface area contributed by atoms with Crippen molar-refractivity contribution < 1.29 is 27.5 Å². The molecule has 0 aliphatic rings. The molecule has 2 amide bonds. The molecule has 30 heavy (non-hydrogen) atoms. The summed E-state index contributed by atoms with van der Waals surface area (Å²) >= 11 is 0. The number of amides is 2. The molecule has 0 aromatic heterocycles. The lowest BCUT2D eigenvalue weighted by atomic mass is 10.1. The molecule has 2 rings (SSSR count). The third-order valence-corrected chi connectivity index (χ3v) is 3.93. The maximum atomic E-state index is 13.0. The van der Waals surface area contributed by atoms with Gasteiger partial charge in [0.1, 0.15) is 12.4 Å². The summed E-state index contributed by atoms with van der Waals surface area (Å²) in [5, 5.41) is 2.20. The Labute approximate surface area is 172 Å². The summed E-state index contributed by atoms with van der Waals surface area (Å²) in [5.41, 5.74) is -0.566. The first-order valence-electron chi connectivity index (χ1n) is 8.93. The fraction of sp³-hybridized carbons (Fsp3) is 0.182. The van der Waals surface area contributed by atoms with E-state index < -0.39 is 30.1 Å². The largest absolute Gasteiger partial charge is 0.490 e. The van der Waals surface area contributed by atoms with Crippen LogP contribution in [0.3, 0.4) is 0 Å². The van der Waals surface area contributed by atoms with E-state index in [1.165, 1.54) is 25.3 Å². The maximum absolute atomic E-state index is 13.0. The van der Waals surface area contributed by atoms with Gasteiger partial charge in [0.15, 0.2) is 0 Å². The Morgan fingerprint density at radius 1 is 1.13 bits per heavy atom. The number of hydrogen-bond donors (Lipinski definition) is 1. The minimum absolute atomic E-state index is 0.356. The molecule has 0 atom stereocenters. The average Bonchev–Trinajstić information content (AvgIpc) is 2.70. The Hall–Kier alpha value is -3.55. The third-order valence-electron chi connectivity index (χ3n) is 3.93. The van der Waals surface area contributed by atoms with Crippen LogP contribution >= 0.6 is 0 Å². The van der Waals surface area contributed by atoms with Crippen molar-refractivity contribution in [3.8, 4) is 5.75 Å². The van der Waals surface area contributed by atoms with Crippen LogP contribution in [0, 0.1) is 0 Å². The molecule has 0 bridgehead atoms. The summed E-state index contributed by atoms with van der Waals surface area (Å²) in [6.07, 6.45) is -0.135. The number of carbonyl (C=O) groups is 2.